The number of aliphatic carboxylic acids is 1. The SMILES string of the molecule is C=C[C@H]1CC1(C)C(=O)O.C=C[C@H]1CC1(C)C(=O)OCC. The third-order valence-electron chi connectivity index (χ3n) is 4.40. The zero-order valence-electron chi connectivity index (χ0n) is 12.5. The number of esters is 1. The number of carbonyl (C=O) groups is 2. The summed E-state index contributed by atoms with van der Waals surface area (Å²) >= 11 is 0. The molecule has 0 bridgehead atoms. The van der Waals surface area contributed by atoms with Crippen LogP contribution in [0.25, 0.3) is 0 Å². The molecule has 0 spiro atoms. The number of ether oxygens (including phenoxy) is 1. The van der Waals surface area contributed by atoms with E-state index >= 15 is 0 Å². The monoisotopic (exact) mass is 280 g/mol. The molecule has 0 aliphatic heterocycles. The van der Waals surface area contributed by atoms with Gasteiger partial charge < -0.3 is 9.84 Å². The van der Waals surface area contributed by atoms with E-state index in [4.69, 9.17) is 9.84 Å². The van der Waals surface area contributed by atoms with Crippen molar-refractivity contribution in [2.24, 2.45) is 22.7 Å². The highest BCUT2D eigenvalue weighted by molar-refractivity contribution is 5.80. The standard InChI is InChI=1S/C9H14O2.C7H10O2/c1-4-7-6-9(7,3)8(10)11-5-2;1-3-5-4-7(5,2)6(8)9/h4,7H,1,5-6H2,2-3H3;3,5H,1,4H2,2H3,(H,8,9)/t7-,9?;5-,7?/m00/s1. The van der Waals surface area contributed by atoms with Gasteiger partial charge in [0.25, 0.3) is 0 Å². The van der Waals surface area contributed by atoms with Gasteiger partial charge in [0.2, 0.25) is 0 Å². The second-order valence-corrected chi connectivity index (χ2v) is 5.95. The van der Waals surface area contributed by atoms with E-state index in [0.717, 1.165) is 12.8 Å². The summed E-state index contributed by atoms with van der Waals surface area (Å²) in [5, 5.41) is 8.57. The van der Waals surface area contributed by atoms with Gasteiger partial charge in [0.05, 0.1) is 17.4 Å². The smallest absolute Gasteiger partial charge is 0.312 e. The summed E-state index contributed by atoms with van der Waals surface area (Å²) in [6.45, 7) is 13.2. The first kappa shape index (κ1) is 16.5. The molecular formula is C16H24O4. The minimum absolute atomic E-state index is 0.0788. The summed E-state index contributed by atoms with van der Waals surface area (Å²) in [6.07, 6.45) is 5.20. The largest absolute Gasteiger partial charge is 0.481 e. The lowest BCUT2D eigenvalue weighted by Crippen LogP contribution is -2.17. The molecule has 20 heavy (non-hydrogen) atoms. The summed E-state index contributed by atoms with van der Waals surface area (Å²) in [4.78, 5) is 21.6. The first-order valence-corrected chi connectivity index (χ1v) is 6.92. The molecule has 2 aliphatic rings. The van der Waals surface area contributed by atoms with Gasteiger partial charge in [-0.15, -0.1) is 13.2 Å². The molecule has 4 atom stereocenters. The molecule has 2 unspecified atom stereocenters. The van der Waals surface area contributed by atoms with Crippen molar-refractivity contribution in [3.05, 3.63) is 25.3 Å². The Morgan fingerprint density at radius 1 is 1.20 bits per heavy atom. The van der Waals surface area contributed by atoms with Crippen LogP contribution in [0.4, 0.5) is 0 Å². The molecule has 0 amide bonds. The fourth-order valence-electron chi connectivity index (χ4n) is 2.26. The van der Waals surface area contributed by atoms with Crippen molar-refractivity contribution >= 4 is 11.9 Å². The minimum atomic E-state index is -0.701. The molecule has 0 aromatic rings. The van der Waals surface area contributed by atoms with E-state index in [1.54, 1.807) is 13.0 Å². The number of carboxylic acid groups (broad SMARTS) is 1. The van der Waals surface area contributed by atoms with Gasteiger partial charge >= 0.3 is 11.9 Å². The highest BCUT2D eigenvalue weighted by Gasteiger charge is 2.55. The fraction of sp³-hybridized carbons (Fsp3) is 0.625. The first-order chi connectivity index (χ1) is 9.26. The number of carboxylic acids is 1. The maximum absolute atomic E-state index is 11.2. The second kappa shape index (κ2) is 5.81. The van der Waals surface area contributed by atoms with E-state index in [2.05, 4.69) is 13.2 Å². The van der Waals surface area contributed by atoms with Crippen LogP contribution in [0.1, 0.15) is 33.6 Å². The molecule has 0 saturated heterocycles. The molecule has 2 saturated carbocycles. The van der Waals surface area contributed by atoms with Gasteiger partial charge in [-0.05, 0) is 45.4 Å². The molecule has 2 aliphatic carbocycles. The number of rotatable bonds is 5. The summed E-state index contributed by atoms with van der Waals surface area (Å²) in [5.74, 6) is -0.242. The van der Waals surface area contributed by atoms with Gasteiger partial charge in [0.1, 0.15) is 0 Å². The Morgan fingerprint density at radius 2 is 1.65 bits per heavy atom. The maximum Gasteiger partial charge on any atom is 0.312 e. The van der Waals surface area contributed by atoms with Gasteiger partial charge in [-0.3, -0.25) is 9.59 Å². The zero-order chi connectivity index (χ0) is 15.6. The topological polar surface area (TPSA) is 63.6 Å². The van der Waals surface area contributed by atoms with Crippen molar-refractivity contribution in [3.8, 4) is 0 Å². The van der Waals surface area contributed by atoms with Crippen molar-refractivity contribution in [1.82, 2.24) is 0 Å². The molecule has 1 N–H and O–H groups in total. The Bertz CT molecular complexity index is 428. The number of hydrogen-bond acceptors (Lipinski definition) is 3. The Labute approximate surface area is 120 Å². The fourth-order valence-corrected chi connectivity index (χ4v) is 2.26. The molecule has 0 heterocycles. The van der Waals surface area contributed by atoms with E-state index < -0.39 is 11.4 Å². The molecule has 4 heteroatoms. The minimum Gasteiger partial charge on any atom is -0.481 e. The van der Waals surface area contributed by atoms with Crippen LogP contribution in [0.3, 0.4) is 0 Å². The molecule has 112 valence electrons. The quantitative estimate of drug-likeness (QED) is 0.621. The molecular weight excluding hydrogens is 256 g/mol. The number of hydrogen-bond donors (Lipinski definition) is 1. The third kappa shape index (κ3) is 3.11. The van der Waals surface area contributed by atoms with Crippen molar-refractivity contribution in [3.63, 3.8) is 0 Å². The van der Waals surface area contributed by atoms with Crippen molar-refractivity contribution < 1.29 is 19.4 Å². The molecule has 0 aromatic heterocycles. The Kier molecular flexibility index (Phi) is 4.79. The maximum atomic E-state index is 11.2. The molecule has 0 radical (unpaired) electrons. The van der Waals surface area contributed by atoms with Gasteiger partial charge in [-0.25, -0.2) is 0 Å². The van der Waals surface area contributed by atoms with Crippen LogP contribution in [0.5, 0.6) is 0 Å². The van der Waals surface area contributed by atoms with Crippen LogP contribution in [0.15, 0.2) is 25.3 Å². The number of allylic oxidation sites excluding steroid dienone is 2. The van der Waals surface area contributed by atoms with Crippen LogP contribution < -0.4 is 0 Å². The Balaban J connectivity index is 0.000000204. The predicted octanol–water partition coefficient (Wildman–Crippen LogP) is 3.04. The lowest BCUT2D eigenvalue weighted by atomic mass is 10.1. The molecule has 2 rings (SSSR count). The Morgan fingerprint density at radius 3 is 1.90 bits per heavy atom. The van der Waals surface area contributed by atoms with Crippen LogP contribution in [-0.4, -0.2) is 23.7 Å². The average molecular weight is 280 g/mol. The lowest BCUT2D eigenvalue weighted by Gasteiger charge is -2.07. The molecule has 2 fully saturated rings. The number of carbonyl (C=O) groups excluding carboxylic acids is 1. The van der Waals surface area contributed by atoms with Crippen LogP contribution in [0, 0.1) is 22.7 Å². The highest BCUT2D eigenvalue weighted by atomic mass is 16.5. The highest BCUT2D eigenvalue weighted by Crippen LogP contribution is 2.53. The normalized spacial score (nSPS) is 37.0. The molecule has 0 aromatic carbocycles. The van der Waals surface area contributed by atoms with Gasteiger partial charge in [0, 0.05) is 0 Å². The van der Waals surface area contributed by atoms with Crippen molar-refractivity contribution in [1.29, 1.82) is 0 Å². The van der Waals surface area contributed by atoms with Gasteiger partial charge in [-0.1, -0.05) is 12.2 Å². The van der Waals surface area contributed by atoms with Gasteiger partial charge in [-0.2, -0.15) is 0 Å². The van der Waals surface area contributed by atoms with Crippen LogP contribution in [0.2, 0.25) is 0 Å². The van der Waals surface area contributed by atoms with Crippen molar-refractivity contribution in [2.45, 2.75) is 33.6 Å². The Hall–Kier alpha value is -1.58. The summed E-state index contributed by atoms with van der Waals surface area (Å²) in [5.41, 5.74) is -0.737. The lowest BCUT2D eigenvalue weighted by molar-refractivity contribution is -0.149. The van der Waals surface area contributed by atoms with Crippen LogP contribution in [-0.2, 0) is 14.3 Å². The third-order valence-corrected chi connectivity index (χ3v) is 4.40. The summed E-state index contributed by atoms with van der Waals surface area (Å²) in [6, 6.07) is 0. The van der Waals surface area contributed by atoms with Crippen LogP contribution >= 0.6 is 0 Å². The second-order valence-electron chi connectivity index (χ2n) is 5.95. The van der Waals surface area contributed by atoms with E-state index in [9.17, 15) is 9.59 Å². The molecule has 4 nitrogen and oxygen atoms in total. The first-order valence-electron chi connectivity index (χ1n) is 6.92. The van der Waals surface area contributed by atoms with E-state index in [0.29, 0.717) is 12.5 Å². The van der Waals surface area contributed by atoms with Gasteiger partial charge in [0.15, 0.2) is 0 Å². The van der Waals surface area contributed by atoms with E-state index in [1.807, 2.05) is 19.9 Å². The van der Waals surface area contributed by atoms with E-state index in [-0.39, 0.29) is 17.3 Å². The zero-order valence-corrected chi connectivity index (χ0v) is 12.5. The average Bonchev–Trinajstić information content (AvgIpc) is 3.27. The van der Waals surface area contributed by atoms with E-state index in [1.165, 1.54) is 0 Å². The summed E-state index contributed by atoms with van der Waals surface area (Å²) in [7, 11) is 0. The predicted molar refractivity (Wildman–Crippen MR) is 77.1 cm³/mol. The van der Waals surface area contributed by atoms with Crippen molar-refractivity contribution in [2.75, 3.05) is 6.61 Å². The summed E-state index contributed by atoms with van der Waals surface area (Å²) < 4.78 is 4.91.